The first kappa shape index (κ1) is 15.3. The van der Waals surface area contributed by atoms with E-state index in [1.54, 1.807) is 6.07 Å². The summed E-state index contributed by atoms with van der Waals surface area (Å²) in [6.07, 6.45) is -2.17. The van der Waals surface area contributed by atoms with Crippen molar-refractivity contribution < 1.29 is 18.3 Å². The van der Waals surface area contributed by atoms with Crippen molar-refractivity contribution in [3.8, 4) is 0 Å². The number of rotatable bonds is 6. The molecule has 18 heavy (non-hydrogen) atoms. The number of aliphatic hydroxyl groups is 1. The molecule has 102 valence electrons. The molecule has 0 fully saturated rings. The molecule has 0 aromatic heterocycles. The highest BCUT2D eigenvalue weighted by atomic mass is 79.9. The monoisotopic (exact) mass is 325 g/mol. The molecular weight excluding hydrogens is 311 g/mol. The van der Waals surface area contributed by atoms with E-state index in [0.29, 0.717) is 17.4 Å². The van der Waals surface area contributed by atoms with Crippen LogP contribution in [-0.4, -0.2) is 18.3 Å². The van der Waals surface area contributed by atoms with E-state index >= 15 is 0 Å². The number of hydrogen-bond acceptors (Lipinski definition) is 2. The number of unbranched alkanes of at least 4 members (excludes halogenated alkanes) is 2. The zero-order valence-electron chi connectivity index (χ0n) is 9.73. The third-order valence-corrected chi connectivity index (χ3v) is 2.93. The van der Waals surface area contributed by atoms with Crippen LogP contribution in [0.15, 0.2) is 22.7 Å². The second kappa shape index (κ2) is 6.99. The molecular formula is C12H15BrF3NO. The lowest BCUT2D eigenvalue weighted by Gasteiger charge is -2.14. The molecule has 1 aromatic rings. The first-order chi connectivity index (χ1) is 8.45. The summed E-state index contributed by atoms with van der Waals surface area (Å²) in [4.78, 5) is 0. The number of aliphatic hydroxyl groups excluding tert-OH is 1. The van der Waals surface area contributed by atoms with Crippen LogP contribution in [0, 0.1) is 0 Å². The van der Waals surface area contributed by atoms with E-state index in [4.69, 9.17) is 5.11 Å². The summed E-state index contributed by atoms with van der Waals surface area (Å²) in [5.74, 6) is 0. The maximum atomic E-state index is 12.8. The molecule has 0 heterocycles. The molecule has 2 N–H and O–H groups in total. The van der Waals surface area contributed by atoms with Crippen LogP contribution in [0.1, 0.15) is 24.8 Å². The summed E-state index contributed by atoms with van der Waals surface area (Å²) in [5.41, 5.74) is -0.575. The molecule has 0 amide bonds. The minimum atomic E-state index is -4.36. The predicted molar refractivity (Wildman–Crippen MR) is 68.6 cm³/mol. The van der Waals surface area contributed by atoms with Crippen molar-refractivity contribution in [2.24, 2.45) is 0 Å². The Morgan fingerprint density at radius 2 is 1.89 bits per heavy atom. The summed E-state index contributed by atoms with van der Waals surface area (Å²) in [7, 11) is 0. The highest BCUT2D eigenvalue weighted by Gasteiger charge is 2.33. The van der Waals surface area contributed by atoms with E-state index in [1.807, 2.05) is 0 Å². The van der Waals surface area contributed by atoms with Crippen LogP contribution < -0.4 is 5.32 Å². The van der Waals surface area contributed by atoms with Crippen molar-refractivity contribution in [3.63, 3.8) is 0 Å². The van der Waals surface area contributed by atoms with Gasteiger partial charge in [0.05, 0.1) is 5.56 Å². The fraction of sp³-hybridized carbons (Fsp3) is 0.500. The maximum absolute atomic E-state index is 12.8. The van der Waals surface area contributed by atoms with Gasteiger partial charge in [-0.3, -0.25) is 0 Å². The molecule has 0 saturated heterocycles. The van der Waals surface area contributed by atoms with Gasteiger partial charge in [0.15, 0.2) is 0 Å². The Bertz CT molecular complexity index is 382. The lowest BCUT2D eigenvalue weighted by Crippen LogP contribution is -2.11. The molecule has 0 aliphatic rings. The smallest absolute Gasteiger partial charge is 0.396 e. The number of hydrogen-bond donors (Lipinski definition) is 2. The minimum absolute atomic E-state index is 0.0923. The molecule has 1 aromatic carbocycles. The van der Waals surface area contributed by atoms with Crippen LogP contribution in [-0.2, 0) is 6.18 Å². The Morgan fingerprint density at radius 1 is 1.17 bits per heavy atom. The molecule has 6 heteroatoms. The van der Waals surface area contributed by atoms with Gasteiger partial charge in [0.2, 0.25) is 0 Å². The number of anilines is 1. The van der Waals surface area contributed by atoms with Crippen LogP contribution >= 0.6 is 15.9 Å². The van der Waals surface area contributed by atoms with Gasteiger partial charge in [-0.15, -0.1) is 0 Å². The quantitative estimate of drug-likeness (QED) is 0.773. The fourth-order valence-corrected chi connectivity index (χ4v) is 1.90. The minimum Gasteiger partial charge on any atom is -0.396 e. The van der Waals surface area contributed by atoms with Gasteiger partial charge in [0.25, 0.3) is 0 Å². The van der Waals surface area contributed by atoms with Crippen LogP contribution in [0.4, 0.5) is 18.9 Å². The van der Waals surface area contributed by atoms with E-state index in [0.717, 1.165) is 18.9 Å². The number of nitrogens with one attached hydrogen (secondary N) is 1. The molecule has 2 nitrogen and oxygen atoms in total. The molecule has 0 aliphatic heterocycles. The molecule has 1 rings (SSSR count). The average molecular weight is 326 g/mol. The van der Waals surface area contributed by atoms with E-state index in [-0.39, 0.29) is 12.3 Å². The molecule has 0 radical (unpaired) electrons. The summed E-state index contributed by atoms with van der Waals surface area (Å²) < 4.78 is 38.7. The van der Waals surface area contributed by atoms with E-state index < -0.39 is 11.7 Å². The Kier molecular flexibility index (Phi) is 5.95. The SMILES string of the molecule is OCCCCCNc1ccc(Br)cc1C(F)(F)F. The molecule has 0 atom stereocenters. The molecule has 0 aliphatic carbocycles. The van der Waals surface area contributed by atoms with Crippen molar-refractivity contribution in [3.05, 3.63) is 28.2 Å². The highest BCUT2D eigenvalue weighted by molar-refractivity contribution is 9.10. The normalized spacial score (nSPS) is 11.6. The Hall–Kier alpha value is -0.750. The zero-order chi connectivity index (χ0) is 13.6. The van der Waals surface area contributed by atoms with Gasteiger partial charge < -0.3 is 10.4 Å². The Labute approximate surface area is 112 Å². The van der Waals surface area contributed by atoms with Gasteiger partial charge in [-0.25, -0.2) is 0 Å². The lowest BCUT2D eigenvalue weighted by atomic mass is 10.1. The van der Waals surface area contributed by atoms with Crippen molar-refractivity contribution >= 4 is 21.6 Å². The molecule has 0 unspecified atom stereocenters. The summed E-state index contributed by atoms with van der Waals surface area (Å²) in [6.45, 7) is 0.580. The predicted octanol–water partition coefficient (Wildman–Crippen LogP) is 4.04. The first-order valence-electron chi connectivity index (χ1n) is 5.66. The van der Waals surface area contributed by atoms with Gasteiger partial charge in [-0.2, -0.15) is 13.2 Å². The largest absolute Gasteiger partial charge is 0.418 e. The van der Waals surface area contributed by atoms with Gasteiger partial charge in [0, 0.05) is 23.3 Å². The summed E-state index contributed by atoms with van der Waals surface area (Å²) in [6, 6.07) is 4.06. The Morgan fingerprint density at radius 3 is 2.50 bits per heavy atom. The number of benzene rings is 1. The molecule has 0 bridgehead atoms. The van der Waals surface area contributed by atoms with Crippen molar-refractivity contribution in [1.82, 2.24) is 0 Å². The standard InChI is InChI=1S/C12H15BrF3NO/c13-9-4-5-11(10(8-9)12(14,15)16)17-6-2-1-3-7-18/h4-5,8,17-18H,1-3,6-7H2. The highest BCUT2D eigenvalue weighted by Crippen LogP contribution is 2.36. The topological polar surface area (TPSA) is 32.3 Å². The van der Waals surface area contributed by atoms with Crippen LogP contribution in [0.3, 0.4) is 0 Å². The summed E-state index contributed by atoms with van der Waals surface area (Å²) >= 11 is 3.04. The van der Waals surface area contributed by atoms with Gasteiger partial charge in [-0.1, -0.05) is 15.9 Å². The van der Waals surface area contributed by atoms with Gasteiger partial charge in [-0.05, 0) is 37.5 Å². The third-order valence-electron chi connectivity index (χ3n) is 2.44. The Balaban J connectivity index is 2.65. The maximum Gasteiger partial charge on any atom is 0.418 e. The fourth-order valence-electron chi connectivity index (χ4n) is 1.54. The van der Waals surface area contributed by atoms with E-state index in [2.05, 4.69) is 21.2 Å². The van der Waals surface area contributed by atoms with Crippen molar-refractivity contribution in [1.29, 1.82) is 0 Å². The summed E-state index contributed by atoms with van der Waals surface area (Å²) in [5, 5.41) is 11.4. The molecule has 0 saturated carbocycles. The van der Waals surface area contributed by atoms with Gasteiger partial charge in [0.1, 0.15) is 0 Å². The lowest BCUT2D eigenvalue weighted by molar-refractivity contribution is -0.137. The van der Waals surface area contributed by atoms with Crippen LogP contribution in [0.5, 0.6) is 0 Å². The number of alkyl halides is 3. The zero-order valence-corrected chi connectivity index (χ0v) is 11.3. The average Bonchev–Trinajstić information content (AvgIpc) is 2.29. The van der Waals surface area contributed by atoms with Gasteiger partial charge >= 0.3 is 6.18 Å². The van der Waals surface area contributed by atoms with Crippen LogP contribution in [0.2, 0.25) is 0 Å². The second-order valence-corrected chi connectivity index (χ2v) is 4.81. The first-order valence-corrected chi connectivity index (χ1v) is 6.46. The molecule has 0 spiro atoms. The second-order valence-electron chi connectivity index (χ2n) is 3.90. The number of halogens is 4. The van der Waals surface area contributed by atoms with Crippen molar-refractivity contribution in [2.45, 2.75) is 25.4 Å². The van der Waals surface area contributed by atoms with E-state index in [9.17, 15) is 13.2 Å². The van der Waals surface area contributed by atoms with Crippen LogP contribution in [0.25, 0.3) is 0 Å². The third kappa shape index (κ3) is 4.86. The van der Waals surface area contributed by atoms with Crippen molar-refractivity contribution in [2.75, 3.05) is 18.5 Å². The van der Waals surface area contributed by atoms with E-state index in [1.165, 1.54) is 6.07 Å².